The molecule has 0 aliphatic rings. The van der Waals surface area contributed by atoms with Crippen LogP contribution in [0.25, 0.3) is 0 Å². The average Bonchev–Trinajstić information content (AvgIpc) is 2.54. The Morgan fingerprint density at radius 2 is 1.88 bits per heavy atom. The van der Waals surface area contributed by atoms with Gasteiger partial charge in [-0.3, -0.25) is 4.72 Å². The van der Waals surface area contributed by atoms with Crippen LogP contribution in [-0.4, -0.2) is 21.0 Å². The van der Waals surface area contributed by atoms with Crippen LogP contribution in [0.3, 0.4) is 0 Å². The summed E-state index contributed by atoms with van der Waals surface area (Å²) in [5.74, 6) is -0.513. The lowest BCUT2D eigenvalue weighted by molar-refractivity contribution is 0.0499. The van der Waals surface area contributed by atoms with Crippen molar-refractivity contribution in [2.45, 2.75) is 38.5 Å². The topological polar surface area (TPSA) is 72.5 Å². The molecule has 2 aromatic rings. The van der Waals surface area contributed by atoms with E-state index in [0.717, 1.165) is 18.4 Å². The molecule has 0 saturated carbocycles. The monoisotopic (exact) mass is 361 g/mol. The van der Waals surface area contributed by atoms with Gasteiger partial charge in [0.1, 0.15) is 0 Å². The average molecular weight is 361 g/mol. The standard InChI is InChI=1S/C19H23NO4S/c1-4-5-11-24-19(21)16-10-9-15(3)18(13-16)25(22,23)20-17-8-6-7-14(2)12-17/h6-10,12-13,20H,4-5,11H2,1-3H3. The number of benzene rings is 2. The first-order valence-electron chi connectivity index (χ1n) is 8.21. The molecular weight excluding hydrogens is 338 g/mol. The molecule has 5 nitrogen and oxygen atoms in total. The summed E-state index contributed by atoms with van der Waals surface area (Å²) in [4.78, 5) is 12.1. The van der Waals surface area contributed by atoms with Gasteiger partial charge in [0.25, 0.3) is 10.0 Å². The van der Waals surface area contributed by atoms with Gasteiger partial charge in [-0.25, -0.2) is 13.2 Å². The minimum Gasteiger partial charge on any atom is -0.462 e. The SMILES string of the molecule is CCCCOC(=O)c1ccc(C)c(S(=O)(=O)Nc2cccc(C)c2)c1. The van der Waals surface area contributed by atoms with E-state index in [1.165, 1.54) is 6.07 Å². The maximum absolute atomic E-state index is 12.7. The van der Waals surface area contributed by atoms with Crippen LogP contribution >= 0.6 is 0 Å². The molecule has 2 aromatic carbocycles. The van der Waals surface area contributed by atoms with Crippen LogP contribution in [0.15, 0.2) is 47.4 Å². The van der Waals surface area contributed by atoms with Gasteiger partial charge in [0.05, 0.1) is 17.1 Å². The molecule has 0 heterocycles. The molecule has 134 valence electrons. The zero-order valence-corrected chi connectivity index (χ0v) is 15.5. The number of rotatable bonds is 7. The molecule has 0 atom stereocenters. The van der Waals surface area contributed by atoms with E-state index in [2.05, 4.69) is 4.72 Å². The minimum atomic E-state index is -3.80. The minimum absolute atomic E-state index is 0.0685. The second-order valence-electron chi connectivity index (χ2n) is 5.94. The highest BCUT2D eigenvalue weighted by atomic mass is 32.2. The largest absolute Gasteiger partial charge is 0.462 e. The van der Waals surface area contributed by atoms with E-state index in [0.29, 0.717) is 17.9 Å². The quantitative estimate of drug-likeness (QED) is 0.596. The number of carbonyl (C=O) groups is 1. The lowest BCUT2D eigenvalue weighted by Crippen LogP contribution is -2.16. The Bertz CT molecular complexity index is 859. The Morgan fingerprint density at radius 3 is 2.56 bits per heavy atom. The Hall–Kier alpha value is -2.34. The van der Waals surface area contributed by atoms with Crippen molar-refractivity contribution in [1.29, 1.82) is 0 Å². The lowest BCUT2D eigenvalue weighted by Gasteiger charge is -2.12. The van der Waals surface area contributed by atoms with Gasteiger partial charge < -0.3 is 4.74 Å². The van der Waals surface area contributed by atoms with Gasteiger partial charge in [0.2, 0.25) is 0 Å². The Kier molecular flexibility index (Phi) is 6.20. The van der Waals surface area contributed by atoms with E-state index >= 15 is 0 Å². The number of carbonyl (C=O) groups excluding carboxylic acids is 1. The summed E-state index contributed by atoms with van der Waals surface area (Å²) in [5, 5.41) is 0. The summed E-state index contributed by atoms with van der Waals surface area (Å²) in [5.41, 5.74) is 2.22. The van der Waals surface area contributed by atoms with Crippen molar-refractivity contribution in [1.82, 2.24) is 0 Å². The van der Waals surface area contributed by atoms with Crippen molar-refractivity contribution in [3.8, 4) is 0 Å². The number of ether oxygens (including phenoxy) is 1. The number of hydrogen-bond donors (Lipinski definition) is 1. The molecule has 0 aromatic heterocycles. The summed E-state index contributed by atoms with van der Waals surface area (Å²) < 4.78 is 33.1. The third kappa shape index (κ3) is 5.06. The third-order valence-electron chi connectivity index (χ3n) is 3.71. The number of sulfonamides is 1. The maximum Gasteiger partial charge on any atom is 0.338 e. The fourth-order valence-electron chi connectivity index (χ4n) is 2.33. The fraction of sp³-hybridized carbons (Fsp3) is 0.316. The normalized spacial score (nSPS) is 11.2. The van der Waals surface area contributed by atoms with Crippen molar-refractivity contribution in [3.05, 3.63) is 59.2 Å². The lowest BCUT2D eigenvalue weighted by atomic mass is 10.1. The molecule has 0 aliphatic heterocycles. The molecular formula is C19H23NO4S. The summed E-state index contributed by atoms with van der Waals surface area (Å²) >= 11 is 0. The van der Waals surface area contributed by atoms with Crippen LogP contribution in [0.5, 0.6) is 0 Å². The zero-order chi connectivity index (χ0) is 18.4. The second-order valence-corrected chi connectivity index (χ2v) is 7.60. The molecule has 0 saturated heterocycles. The molecule has 0 fully saturated rings. The van der Waals surface area contributed by atoms with Gasteiger partial charge in [-0.2, -0.15) is 0 Å². The smallest absolute Gasteiger partial charge is 0.338 e. The van der Waals surface area contributed by atoms with E-state index < -0.39 is 16.0 Å². The van der Waals surface area contributed by atoms with Crippen molar-refractivity contribution in [2.24, 2.45) is 0 Å². The van der Waals surface area contributed by atoms with Crippen LogP contribution in [0, 0.1) is 13.8 Å². The highest BCUT2D eigenvalue weighted by Gasteiger charge is 2.20. The number of esters is 1. The predicted octanol–water partition coefficient (Wildman–Crippen LogP) is 4.06. The molecule has 6 heteroatoms. The van der Waals surface area contributed by atoms with E-state index in [1.807, 2.05) is 19.9 Å². The summed E-state index contributed by atoms with van der Waals surface area (Å²) in [6, 6.07) is 11.6. The molecule has 0 spiro atoms. The molecule has 25 heavy (non-hydrogen) atoms. The number of anilines is 1. The first kappa shape index (κ1) is 19.0. The maximum atomic E-state index is 12.7. The molecule has 0 amide bonds. The fourth-order valence-corrected chi connectivity index (χ4v) is 3.65. The predicted molar refractivity (Wildman–Crippen MR) is 98.4 cm³/mol. The van der Waals surface area contributed by atoms with Crippen molar-refractivity contribution < 1.29 is 17.9 Å². The number of nitrogens with one attached hydrogen (secondary N) is 1. The van der Waals surface area contributed by atoms with Crippen molar-refractivity contribution in [3.63, 3.8) is 0 Å². The third-order valence-corrected chi connectivity index (χ3v) is 5.24. The summed E-state index contributed by atoms with van der Waals surface area (Å²) in [6.07, 6.45) is 1.69. The van der Waals surface area contributed by atoms with Crippen LogP contribution in [0.2, 0.25) is 0 Å². The highest BCUT2D eigenvalue weighted by Crippen LogP contribution is 2.22. The van der Waals surface area contributed by atoms with Crippen molar-refractivity contribution in [2.75, 3.05) is 11.3 Å². The van der Waals surface area contributed by atoms with Crippen molar-refractivity contribution >= 4 is 21.7 Å². The van der Waals surface area contributed by atoms with Gasteiger partial charge >= 0.3 is 5.97 Å². The molecule has 0 unspecified atom stereocenters. The van der Waals surface area contributed by atoms with Gasteiger partial charge in [-0.1, -0.05) is 31.5 Å². The van der Waals surface area contributed by atoms with E-state index in [1.54, 1.807) is 37.3 Å². The molecule has 0 bridgehead atoms. The Morgan fingerprint density at radius 1 is 1.12 bits per heavy atom. The van der Waals surface area contributed by atoms with Gasteiger partial charge in [0, 0.05) is 5.69 Å². The van der Waals surface area contributed by atoms with E-state index in [9.17, 15) is 13.2 Å². The van der Waals surface area contributed by atoms with Gasteiger partial charge in [0.15, 0.2) is 0 Å². The first-order chi connectivity index (χ1) is 11.8. The highest BCUT2D eigenvalue weighted by molar-refractivity contribution is 7.92. The second kappa shape index (κ2) is 8.16. The summed E-state index contributed by atoms with van der Waals surface area (Å²) in [6.45, 7) is 5.90. The molecule has 0 aliphatic carbocycles. The number of unbranched alkanes of at least 4 members (excludes halogenated alkanes) is 1. The van der Waals surface area contributed by atoms with E-state index in [-0.39, 0.29) is 10.5 Å². The molecule has 1 N–H and O–H groups in total. The Balaban J connectivity index is 2.27. The number of aryl methyl sites for hydroxylation is 2. The first-order valence-corrected chi connectivity index (χ1v) is 9.69. The van der Waals surface area contributed by atoms with E-state index in [4.69, 9.17) is 4.74 Å². The Labute approximate surface area is 149 Å². The summed E-state index contributed by atoms with van der Waals surface area (Å²) in [7, 11) is -3.80. The van der Waals surface area contributed by atoms with Crippen LogP contribution in [0.1, 0.15) is 41.3 Å². The van der Waals surface area contributed by atoms with Crippen LogP contribution < -0.4 is 4.72 Å². The van der Waals surface area contributed by atoms with Crippen LogP contribution in [-0.2, 0) is 14.8 Å². The zero-order valence-electron chi connectivity index (χ0n) is 14.7. The molecule has 0 radical (unpaired) electrons. The number of hydrogen-bond acceptors (Lipinski definition) is 4. The molecule has 2 rings (SSSR count). The van der Waals surface area contributed by atoms with Crippen LogP contribution in [0.4, 0.5) is 5.69 Å². The van der Waals surface area contributed by atoms with Gasteiger partial charge in [-0.15, -0.1) is 0 Å². The van der Waals surface area contributed by atoms with Gasteiger partial charge in [-0.05, 0) is 55.7 Å².